The molecule has 0 amide bonds. The average Bonchev–Trinajstić information content (AvgIpc) is 2.42. The zero-order chi connectivity index (χ0) is 14.3. The fourth-order valence-corrected chi connectivity index (χ4v) is 1.69. The van der Waals surface area contributed by atoms with E-state index in [-0.39, 0.29) is 0 Å². The van der Waals surface area contributed by atoms with Crippen molar-refractivity contribution in [3.8, 4) is 0 Å². The molecule has 0 atom stereocenters. The Balaban J connectivity index is 2.77. The largest absolute Gasteiger partial charge is 0.261 e. The van der Waals surface area contributed by atoms with Crippen molar-refractivity contribution in [2.45, 2.75) is 47.0 Å². The number of rotatable bonds is 6. The standard InChI is InChI=1S/C18H25N/c1-6-7-8-17-9-11-18(12-10-17)15(4)13-19-16(5)14(2)3/h9-13H,2,6-8H2,1,3-5H3/b15-13+,19-16?. The summed E-state index contributed by atoms with van der Waals surface area (Å²) in [7, 11) is 0. The van der Waals surface area contributed by atoms with Crippen molar-refractivity contribution in [1.82, 2.24) is 0 Å². The smallest absolute Gasteiger partial charge is 0.0395 e. The second-order valence-corrected chi connectivity index (χ2v) is 5.11. The van der Waals surface area contributed by atoms with Gasteiger partial charge in [0.15, 0.2) is 0 Å². The number of benzene rings is 1. The van der Waals surface area contributed by atoms with Gasteiger partial charge in [0.1, 0.15) is 0 Å². The van der Waals surface area contributed by atoms with E-state index in [1.807, 2.05) is 20.0 Å². The van der Waals surface area contributed by atoms with Crippen LogP contribution in [-0.2, 0) is 6.42 Å². The molecule has 0 aliphatic heterocycles. The lowest BCUT2D eigenvalue weighted by Gasteiger charge is -2.04. The highest BCUT2D eigenvalue weighted by Gasteiger charge is 1.97. The Labute approximate surface area is 117 Å². The van der Waals surface area contributed by atoms with Crippen LogP contribution in [0.25, 0.3) is 5.57 Å². The Morgan fingerprint density at radius 2 is 1.79 bits per heavy atom. The first-order valence-corrected chi connectivity index (χ1v) is 7.01. The van der Waals surface area contributed by atoms with Crippen LogP contribution in [0.4, 0.5) is 0 Å². The first kappa shape index (κ1) is 15.4. The molecule has 1 nitrogen and oxygen atoms in total. The van der Waals surface area contributed by atoms with Gasteiger partial charge in [-0.25, -0.2) is 0 Å². The second-order valence-electron chi connectivity index (χ2n) is 5.11. The highest BCUT2D eigenvalue weighted by molar-refractivity contribution is 5.97. The van der Waals surface area contributed by atoms with Gasteiger partial charge in [-0.3, -0.25) is 4.99 Å². The normalized spacial score (nSPS) is 12.6. The van der Waals surface area contributed by atoms with E-state index >= 15 is 0 Å². The zero-order valence-corrected chi connectivity index (χ0v) is 12.7. The summed E-state index contributed by atoms with van der Waals surface area (Å²) in [5.74, 6) is 0. The van der Waals surface area contributed by atoms with Gasteiger partial charge in [0, 0.05) is 11.9 Å². The van der Waals surface area contributed by atoms with Gasteiger partial charge in [-0.05, 0) is 55.9 Å². The maximum Gasteiger partial charge on any atom is 0.0395 e. The first-order valence-electron chi connectivity index (χ1n) is 7.01. The molecule has 1 aromatic carbocycles. The van der Waals surface area contributed by atoms with E-state index in [1.165, 1.54) is 36.0 Å². The lowest BCUT2D eigenvalue weighted by Crippen LogP contribution is -1.90. The maximum atomic E-state index is 4.43. The summed E-state index contributed by atoms with van der Waals surface area (Å²) in [6, 6.07) is 8.81. The summed E-state index contributed by atoms with van der Waals surface area (Å²) < 4.78 is 0. The third-order valence-corrected chi connectivity index (χ3v) is 3.30. The summed E-state index contributed by atoms with van der Waals surface area (Å²) in [6.07, 6.45) is 5.60. The summed E-state index contributed by atoms with van der Waals surface area (Å²) in [6.45, 7) is 12.2. The third kappa shape index (κ3) is 5.25. The van der Waals surface area contributed by atoms with Crippen molar-refractivity contribution in [3.05, 3.63) is 53.7 Å². The molecule has 0 unspecified atom stereocenters. The Morgan fingerprint density at radius 1 is 1.16 bits per heavy atom. The van der Waals surface area contributed by atoms with E-state index in [0.29, 0.717) is 0 Å². The van der Waals surface area contributed by atoms with Gasteiger partial charge < -0.3 is 0 Å². The van der Waals surface area contributed by atoms with Crippen LogP contribution in [0.3, 0.4) is 0 Å². The highest BCUT2D eigenvalue weighted by Crippen LogP contribution is 2.16. The van der Waals surface area contributed by atoms with Crippen LogP contribution in [0, 0.1) is 0 Å². The molecule has 0 aromatic heterocycles. The predicted octanol–water partition coefficient (Wildman–Crippen LogP) is 5.43. The highest BCUT2D eigenvalue weighted by atomic mass is 14.7. The van der Waals surface area contributed by atoms with Crippen molar-refractivity contribution < 1.29 is 0 Å². The van der Waals surface area contributed by atoms with E-state index in [2.05, 4.69) is 49.7 Å². The van der Waals surface area contributed by atoms with Gasteiger partial charge in [0.25, 0.3) is 0 Å². The minimum atomic E-state index is 0.985. The minimum Gasteiger partial charge on any atom is -0.261 e. The topological polar surface area (TPSA) is 12.4 Å². The van der Waals surface area contributed by atoms with Crippen LogP contribution >= 0.6 is 0 Å². The Kier molecular flexibility index (Phi) is 6.27. The fourth-order valence-electron chi connectivity index (χ4n) is 1.69. The first-order chi connectivity index (χ1) is 9.04. The van der Waals surface area contributed by atoms with Crippen molar-refractivity contribution in [2.75, 3.05) is 0 Å². The Hall–Kier alpha value is -1.63. The summed E-state index contributed by atoms with van der Waals surface area (Å²) >= 11 is 0. The second kappa shape index (κ2) is 7.73. The molecule has 0 saturated carbocycles. The Morgan fingerprint density at radius 3 is 2.32 bits per heavy atom. The summed E-state index contributed by atoms with van der Waals surface area (Å²) in [5.41, 5.74) is 5.83. The van der Waals surface area contributed by atoms with Crippen LogP contribution in [0.15, 0.2) is 47.6 Å². The van der Waals surface area contributed by atoms with E-state index < -0.39 is 0 Å². The van der Waals surface area contributed by atoms with E-state index in [1.54, 1.807) is 0 Å². The molecule has 0 spiro atoms. The molecule has 0 aliphatic rings. The number of nitrogens with zero attached hydrogens (tertiary/aromatic N) is 1. The quantitative estimate of drug-likeness (QED) is 0.601. The number of unbranched alkanes of at least 4 members (excludes halogenated alkanes) is 1. The number of hydrogen-bond donors (Lipinski definition) is 0. The predicted molar refractivity (Wildman–Crippen MR) is 86.6 cm³/mol. The van der Waals surface area contributed by atoms with Crippen LogP contribution in [0.1, 0.15) is 51.7 Å². The van der Waals surface area contributed by atoms with Gasteiger partial charge in [-0.1, -0.05) is 44.2 Å². The van der Waals surface area contributed by atoms with Gasteiger partial charge in [0.2, 0.25) is 0 Å². The van der Waals surface area contributed by atoms with Gasteiger partial charge in [0.05, 0.1) is 0 Å². The van der Waals surface area contributed by atoms with E-state index in [9.17, 15) is 0 Å². The number of allylic oxidation sites excluding steroid dienone is 2. The Bertz CT molecular complexity index is 475. The molecular weight excluding hydrogens is 230 g/mol. The number of aliphatic imine (C=N–C) groups is 1. The lowest BCUT2D eigenvalue weighted by molar-refractivity contribution is 0.795. The monoisotopic (exact) mass is 255 g/mol. The number of hydrogen-bond acceptors (Lipinski definition) is 1. The molecular formula is C18H25N. The van der Waals surface area contributed by atoms with Crippen LogP contribution < -0.4 is 0 Å². The molecule has 1 heteroatoms. The zero-order valence-electron chi connectivity index (χ0n) is 12.7. The average molecular weight is 255 g/mol. The molecule has 0 heterocycles. The molecule has 0 aliphatic carbocycles. The van der Waals surface area contributed by atoms with Crippen molar-refractivity contribution in [2.24, 2.45) is 4.99 Å². The third-order valence-electron chi connectivity index (χ3n) is 3.30. The van der Waals surface area contributed by atoms with Crippen LogP contribution in [0.2, 0.25) is 0 Å². The van der Waals surface area contributed by atoms with Crippen molar-refractivity contribution in [3.63, 3.8) is 0 Å². The van der Waals surface area contributed by atoms with Gasteiger partial charge >= 0.3 is 0 Å². The molecule has 0 radical (unpaired) electrons. The molecule has 0 N–H and O–H groups in total. The van der Waals surface area contributed by atoms with Crippen molar-refractivity contribution >= 4 is 11.3 Å². The molecule has 0 fully saturated rings. The minimum absolute atomic E-state index is 0.985. The van der Waals surface area contributed by atoms with Crippen LogP contribution in [0.5, 0.6) is 0 Å². The maximum absolute atomic E-state index is 4.43. The fraction of sp³-hybridized carbons (Fsp3) is 0.389. The lowest BCUT2D eigenvalue weighted by atomic mass is 10.0. The molecule has 102 valence electrons. The van der Waals surface area contributed by atoms with Crippen molar-refractivity contribution in [1.29, 1.82) is 0 Å². The molecule has 0 bridgehead atoms. The molecule has 19 heavy (non-hydrogen) atoms. The summed E-state index contributed by atoms with van der Waals surface area (Å²) in [4.78, 5) is 4.43. The van der Waals surface area contributed by atoms with Gasteiger partial charge in [-0.15, -0.1) is 0 Å². The molecule has 0 saturated heterocycles. The SMILES string of the molecule is C=C(C)C(C)=N/C=C(\C)c1ccc(CCCC)cc1. The molecule has 1 aromatic rings. The van der Waals surface area contributed by atoms with E-state index in [4.69, 9.17) is 0 Å². The number of aryl methyl sites for hydroxylation is 1. The summed E-state index contributed by atoms with van der Waals surface area (Å²) in [5, 5.41) is 0. The van der Waals surface area contributed by atoms with Gasteiger partial charge in [-0.2, -0.15) is 0 Å². The van der Waals surface area contributed by atoms with Crippen LogP contribution in [-0.4, -0.2) is 5.71 Å². The van der Waals surface area contributed by atoms with E-state index in [0.717, 1.165) is 11.3 Å². The molecule has 1 rings (SSSR count).